The van der Waals surface area contributed by atoms with E-state index in [4.69, 9.17) is 0 Å². The molecule has 5 rings (SSSR count). The molecule has 2 aliphatic carbocycles. The highest BCUT2D eigenvalue weighted by Gasteiger charge is 2.53. The van der Waals surface area contributed by atoms with Gasteiger partial charge in [-0.1, -0.05) is 52.0 Å². The lowest BCUT2D eigenvalue weighted by Gasteiger charge is -2.51. The molecule has 1 spiro atoms. The maximum absolute atomic E-state index is 13.3. The zero-order valence-electron chi connectivity index (χ0n) is 20.1. The first-order valence-electron chi connectivity index (χ1n) is 11.5. The van der Waals surface area contributed by atoms with Crippen LogP contribution in [0.15, 0.2) is 52.3 Å². The Balaban J connectivity index is 1.85. The lowest BCUT2D eigenvalue weighted by atomic mass is 9.52. The molecular weight excluding hydrogens is 473 g/mol. The van der Waals surface area contributed by atoms with Crippen molar-refractivity contribution in [1.82, 2.24) is 0 Å². The van der Waals surface area contributed by atoms with Gasteiger partial charge in [-0.25, -0.2) is 0 Å². The van der Waals surface area contributed by atoms with E-state index >= 15 is 0 Å². The summed E-state index contributed by atoms with van der Waals surface area (Å²) in [7, 11) is 0. The molecule has 3 aromatic carbocycles. The number of fused-ring (bicyclic) bond motifs is 7. The summed E-state index contributed by atoms with van der Waals surface area (Å²) in [4.78, 5) is 0.703. The van der Waals surface area contributed by atoms with E-state index in [1.807, 2.05) is 18.2 Å². The second-order valence-corrected chi connectivity index (χ2v) is 13.4. The van der Waals surface area contributed by atoms with Crippen LogP contribution >= 0.6 is 23.5 Å². The molecule has 34 heavy (non-hydrogen) atoms. The highest BCUT2D eigenvalue weighted by Crippen LogP contribution is 2.65. The standard InChI is InChI=1S/C28H29F3OS2/c1-25(2)13-26(3,4)15-27(14-25)19-9-7-6-8-16(19)24-18-11-22(33-5)23(34-28(29,30)31)10-17(18)21(32)12-20(24)27/h6-12,32H,13-15H2,1-5H3. The van der Waals surface area contributed by atoms with E-state index in [-0.39, 0.29) is 38.7 Å². The minimum Gasteiger partial charge on any atom is -0.507 e. The molecule has 0 saturated heterocycles. The van der Waals surface area contributed by atoms with Gasteiger partial charge in [0.2, 0.25) is 0 Å². The maximum Gasteiger partial charge on any atom is 0.446 e. The van der Waals surface area contributed by atoms with Gasteiger partial charge < -0.3 is 5.11 Å². The summed E-state index contributed by atoms with van der Waals surface area (Å²) < 4.78 is 39.8. The number of rotatable bonds is 2. The topological polar surface area (TPSA) is 20.2 Å². The molecule has 0 radical (unpaired) electrons. The summed E-state index contributed by atoms with van der Waals surface area (Å²) in [5, 5.41) is 12.5. The van der Waals surface area contributed by atoms with Crippen LogP contribution in [-0.2, 0) is 5.41 Å². The number of hydrogen-bond acceptors (Lipinski definition) is 3. The normalized spacial score (nSPS) is 19.9. The van der Waals surface area contributed by atoms with Crippen LogP contribution in [0.5, 0.6) is 5.75 Å². The van der Waals surface area contributed by atoms with E-state index in [0.717, 1.165) is 41.3 Å². The van der Waals surface area contributed by atoms with Crippen LogP contribution in [-0.4, -0.2) is 16.9 Å². The molecule has 1 saturated carbocycles. The van der Waals surface area contributed by atoms with Gasteiger partial charge in [-0.15, -0.1) is 11.8 Å². The molecule has 0 aliphatic heterocycles. The fraction of sp³-hybridized carbons (Fsp3) is 0.429. The molecule has 0 bridgehead atoms. The minimum absolute atomic E-state index is 0.0544. The van der Waals surface area contributed by atoms with Crippen LogP contribution in [0.25, 0.3) is 21.9 Å². The van der Waals surface area contributed by atoms with Gasteiger partial charge in [0, 0.05) is 20.6 Å². The first-order chi connectivity index (χ1) is 15.8. The van der Waals surface area contributed by atoms with Crippen molar-refractivity contribution >= 4 is 34.3 Å². The number of halogens is 3. The van der Waals surface area contributed by atoms with Crippen LogP contribution in [0, 0.1) is 10.8 Å². The molecular formula is C28H29F3OS2. The van der Waals surface area contributed by atoms with Crippen LogP contribution < -0.4 is 0 Å². The number of phenols is 1. The summed E-state index contributed by atoms with van der Waals surface area (Å²) in [5.74, 6) is 0.0544. The molecule has 180 valence electrons. The Morgan fingerprint density at radius 1 is 0.824 bits per heavy atom. The Kier molecular flexibility index (Phi) is 5.35. The van der Waals surface area contributed by atoms with E-state index in [2.05, 4.69) is 45.9 Å². The molecule has 1 N–H and O–H groups in total. The Labute approximate surface area is 207 Å². The minimum atomic E-state index is -4.39. The zero-order valence-corrected chi connectivity index (χ0v) is 21.7. The molecule has 3 aromatic rings. The van der Waals surface area contributed by atoms with Crippen LogP contribution in [0.2, 0.25) is 0 Å². The second kappa shape index (κ2) is 7.60. The molecule has 0 amide bonds. The van der Waals surface area contributed by atoms with E-state index in [1.54, 1.807) is 6.26 Å². The second-order valence-electron chi connectivity index (χ2n) is 11.4. The van der Waals surface area contributed by atoms with Crippen molar-refractivity contribution in [3.63, 3.8) is 0 Å². The summed E-state index contributed by atoms with van der Waals surface area (Å²) in [6.45, 7) is 9.29. The Morgan fingerprint density at radius 2 is 1.44 bits per heavy atom. The van der Waals surface area contributed by atoms with Crippen LogP contribution in [0.3, 0.4) is 0 Å². The molecule has 1 nitrogen and oxygen atoms in total. The van der Waals surface area contributed by atoms with E-state index in [0.29, 0.717) is 10.3 Å². The third-order valence-electron chi connectivity index (χ3n) is 7.37. The molecule has 0 unspecified atom stereocenters. The van der Waals surface area contributed by atoms with Crippen molar-refractivity contribution in [2.45, 2.75) is 67.7 Å². The number of aromatic hydroxyl groups is 1. The molecule has 1 fully saturated rings. The summed E-state index contributed by atoms with van der Waals surface area (Å²) in [6.07, 6.45) is 4.85. The average Bonchev–Trinajstić information content (AvgIpc) is 2.93. The van der Waals surface area contributed by atoms with Gasteiger partial charge in [0.1, 0.15) is 5.75 Å². The maximum atomic E-state index is 13.3. The van der Waals surface area contributed by atoms with Crippen molar-refractivity contribution in [1.29, 1.82) is 0 Å². The van der Waals surface area contributed by atoms with Gasteiger partial charge >= 0.3 is 5.51 Å². The van der Waals surface area contributed by atoms with Crippen LogP contribution in [0.4, 0.5) is 13.2 Å². The monoisotopic (exact) mass is 502 g/mol. The summed E-state index contributed by atoms with van der Waals surface area (Å²) in [5.41, 5.74) is 0.189. The number of phenolic OH excluding ortho intramolecular Hbond substituents is 1. The highest BCUT2D eigenvalue weighted by molar-refractivity contribution is 8.02. The Bertz CT molecular complexity index is 1290. The fourth-order valence-corrected chi connectivity index (χ4v) is 8.66. The quantitative estimate of drug-likeness (QED) is 0.353. The largest absolute Gasteiger partial charge is 0.507 e. The third kappa shape index (κ3) is 3.81. The average molecular weight is 503 g/mol. The zero-order chi connectivity index (χ0) is 24.7. The lowest BCUT2D eigenvalue weighted by molar-refractivity contribution is -0.0328. The molecule has 6 heteroatoms. The van der Waals surface area contributed by atoms with Crippen molar-refractivity contribution in [3.05, 3.63) is 53.6 Å². The molecule has 2 aliphatic rings. The molecule has 0 aromatic heterocycles. The van der Waals surface area contributed by atoms with Gasteiger partial charge in [0.05, 0.1) is 0 Å². The smallest absolute Gasteiger partial charge is 0.446 e. The summed E-state index contributed by atoms with van der Waals surface area (Å²) >= 11 is 1.19. The number of benzene rings is 3. The van der Waals surface area contributed by atoms with E-state index in [9.17, 15) is 18.3 Å². The fourth-order valence-electron chi connectivity index (χ4n) is 7.20. The predicted molar refractivity (Wildman–Crippen MR) is 137 cm³/mol. The number of hydrogen-bond donors (Lipinski definition) is 1. The first-order valence-corrected chi connectivity index (χ1v) is 13.5. The van der Waals surface area contributed by atoms with E-state index in [1.165, 1.54) is 23.4 Å². The van der Waals surface area contributed by atoms with Crippen molar-refractivity contribution < 1.29 is 18.3 Å². The van der Waals surface area contributed by atoms with Gasteiger partial charge in [0.15, 0.2) is 0 Å². The number of thioether (sulfide) groups is 2. The van der Waals surface area contributed by atoms with Crippen LogP contribution in [0.1, 0.15) is 58.1 Å². The van der Waals surface area contributed by atoms with Gasteiger partial charge in [-0.2, -0.15) is 13.2 Å². The summed E-state index contributed by atoms with van der Waals surface area (Å²) in [6, 6.07) is 13.6. The van der Waals surface area contributed by atoms with E-state index < -0.39 is 5.51 Å². The van der Waals surface area contributed by atoms with Crippen molar-refractivity contribution in [2.75, 3.05) is 6.26 Å². The van der Waals surface area contributed by atoms with Gasteiger partial charge in [-0.05, 0) is 93.9 Å². The predicted octanol–water partition coefficient (Wildman–Crippen LogP) is 9.38. The van der Waals surface area contributed by atoms with Crippen molar-refractivity contribution in [3.8, 4) is 16.9 Å². The molecule has 0 heterocycles. The van der Waals surface area contributed by atoms with Gasteiger partial charge in [-0.3, -0.25) is 0 Å². The lowest BCUT2D eigenvalue weighted by Crippen LogP contribution is -2.43. The first kappa shape index (κ1) is 23.9. The number of alkyl halides is 3. The van der Waals surface area contributed by atoms with Gasteiger partial charge in [0.25, 0.3) is 0 Å². The third-order valence-corrected chi connectivity index (χ3v) is 9.07. The Hall–Kier alpha value is -1.79. The highest BCUT2D eigenvalue weighted by atomic mass is 32.2. The SMILES string of the molecule is CSc1cc2c3c(cc(O)c2cc1SC(F)(F)F)C1(CC(C)(C)CC(C)(C)C1)c1ccccc1-3. The Morgan fingerprint density at radius 3 is 2.06 bits per heavy atom. The molecule has 0 atom stereocenters. The van der Waals surface area contributed by atoms with Crippen molar-refractivity contribution in [2.24, 2.45) is 10.8 Å².